The van der Waals surface area contributed by atoms with Gasteiger partial charge in [-0.1, -0.05) is 6.92 Å². The molecular formula is C18H24N2O4S. The molecule has 0 bridgehead atoms. The number of hydrogen-bond acceptors (Lipinski definition) is 4. The van der Waals surface area contributed by atoms with Crippen molar-refractivity contribution in [1.29, 1.82) is 0 Å². The lowest BCUT2D eigenvalue weighted by Crippen LogP contribution is -2.27. The summed E-state index contributed by atoms with van der Waals surface area (Å²) in [5, 5.41) is 0.683. The quantitative estimate of drug-likeness (QED) is 0.905. The number of nitrogens with one attached hydrogen (secondary N) is 1. The highest BCUT2D eigenvalue weighted by molar-refractivity contribution is 7.89. The van der Waals surface area contributed by atoms with E-state index in [0.29, 0.717) is 16.5 Å². The summed E-state index contributed by atoms with van der Waals surface area (Å²) in [4.78, 5) is 14.7. The molecule has 1 aliphatic heterocycles. The maximum absolute atomic E-state index is 12.8. The molecule has 3 rings (SSSR count). The molecule has 2 heterocycles. The van der Waals surface area contributed by atoms with E-state index in [-0.39, 0.29) is 28.7 Å². The van der Waals surface area contributed by atoms with E-state index in [1.807, 2.05) is 19.9 Å². The van der Waals surface area contributed by atoms with E-state index in [2.05, 4.69) is 4.72 Å². The summed E-state index contributed by atoms with van der Waals surface area (Å²) in [5.41, 5.74) is 2.46. The van der Waals surface area contributed by atoms with Gasteiger partial charge in [0.05, 0.1) is 0 Å². The Labute approximate surface area is 148 Å². The third-order valence-electron chi connectivity index (χ3n) is 4.88. The van der Waals surface area contributed by atoms with E-state index in [9.17, 15) is 13.2 Å². The van der Waals surface area contributed by atoms with Gasteiger partial charge in [0.15, 0.2) is 11.3 Å². The van der Waals surface area contributed by atoms with Crippen LogP contribution < -0.4 is 4.72 Å². The van der Waals surface area contributed by atoms with Crippen molar-refractivity contribution in [3.63, 3.8) is 0 Å². The Balaban J connectivity index is 2.25. The summed E-state index contributed by atoms with van der Waals surface area (Å²) in [6, 6.07) is 1.90. The van der Waals surface area contributed by atoms with Crippen LogP contribution in [-0.2, 0) is 10.0 Å². The first kappa shape index (κ1) is 17.9. The van der Waals surface area contributed by atoms with Crippen LogP contribution in [0.1, 0.15) is 47.0 Å². The Bertz CT molecular complexity index is 938. The number of amides is 1. The highest BCUT2D eigenvalue weighted by Gasteiger charge is 2.30. The minimum absolute atomic E-state index is 0.132. The lowest BCUT2D eigenvalue weighted by molar-refractivity contribution is 0.0762. The average Bonchev–Trinajstić information content (AvgIpc) is 3.17. The molecule has 0 radical (unpaired) electrons. The summed E-state index contributed by atoms with van der Waals surface area (Å²) in [6.07, 6.45) is 1.98. The summed E-state index contributed by atoms with van der Waals surface area (Å²) in [6.45, 7) is 8.90. The minimum atomic E-state index is -3.71. The van der Waals surface area contributed by atoms with Gasteiger partial charge in [-0.25, -0.2) is 13.1 Å². The number of sulfonamides is 1. The summed E-state index contributed by atoms with van der Waals surface area (Å²) < 4.78 is 33.8. The maximum atomic E-state index is 12.8. The number of benzene rings is 1. The molecule has 2 aromatic rings. The molecule has 1 aromatic heterocycles. The molecule has 0 spiro atoms. The Morgan fingerprint density at radius 1 is 1.20 bits per heavy atom. The Morgan fingerprint density at radius 3 is 2.44 bits per heavy atom. The molecule has 136 valence electrons. The number of rotatable bonds is 4. The van der Waals surface area contributed by atoms with Crippen LogP contribution in [-0.4, -0.2) is 38.9 Å². The van der Waals surface area contributed by atoms with Gasteiger partial charge in [0.25, 0.3) is 5.91 Å². The van der Waals surface area contributed by atoms with Crippen molar-refractivity contribution >= 4 is 26.9 Å². The van der Waals surface area contributed by atoms with Gasteiger partial charge in [-0.05, 0) is 50.8 Å². The van der Waals surface area contributed by atoms with Gasteiger partial charge in [-0.2, -0.15) is 0 Å². The van der Waals surface area contributed by atoms with Gasteiger partial charge in [-0.15, -0.1) is 0 Å². The van der Waals surface area contributed by atoms with Crippen molar-refractivity contribution in [2.24, 2.45) is 0 Å². The molecule has 1 N–H and O–H groups in total. The predicted octanol–water partition coefficient (Wildman–Crippen LogP) is 2.89. The number of fused-ring (bicyclic) bond motifs is 1. The van der Waals surface area contributed by atoms with Gasteiger partial charge in [0.2, 0.25) is 10.0 Å². The van der Waals surface area contributed by atoms with E-state index < -0.39 is 10.0 Å². The van der Waals surface area contributed by atoms with Crippen LogP contribution in [0, 0.1) is 20.8 Å². The van der Waals surface area contributed by atoms with Crippen LogP contribution in [0.15, 0.2) is 15.4 Å². The molecular weight excluding hydrogens is 340 g/mol. The Hall–Kier alpha value is -1.86. The number of hydrogen-bond donors (Lipinski definition) is 1. The van der Waals surface area contributed by atoms with E-state index in [1.165, 1.54) is 0 Å². The average molecular weight is 364 g/mol. The van der Waals surface area contributed by atoms with E-state index in [4.69, 9.17) is 4.42 Å². The fraction of sp³-hybridized carbons (Fsp3) is 0.500. The second-order valence-electron chi connectivity index (χ2n) is 6.58. The lowest BCUT2D eigenvalue weighted by Gasteiger charge is -2.13. The van der Waals surface area contributed by atoms with Crippen molar-refractivity contribution in [3.8, 4) is 0 Å². The molecule has 1 aromatic carbocycles. The van der Waals surface area contributed by atoms with E-state index in [0.717, 1.165) is 31.5 Å². The zero-order chi connectivity index (χ0) is 18.4. The van der Waals surface area contributed by atoms with Crippen LogP contribution in [0.5, 0.6) is 0 Å². The normalized spacial score (nSPS) is 15.3. The summed E-state index contributed by atoms with van der Waals surface area (Å²) in [5.74, 6) is 0.0863. The molecule has 0 saturated carbocycles. The van der Waals surface area contributed by atoms with Crippen LogP contribution in [0.25, 0.3) is 11.0 Å². The SMILES string of the molecule is CCNS(=O)(=O)c1c(C)c(C)cc2c(C)c(C(=O)N3CCCC3)oc12. The standard InChI is InChI=1S/C18H24N2O4S/c1-5-19-25(22,23)17-12(3)11(2)10-14-13(4)15(24-16(14)17)18(21)20-8-6-7-9-20/h10,19H,5-9H2,1-4H3. The first-order valence-electron chi connectivity index (χ1n) is 8.60. The monoisotopic (exact) mass is 364 g/mol. The highest BCUT2D eigenvalue weighted by Crippen LogP contribution is 2.35. The van der Waals surface area contributed by atoms with Gasteiger partial charge in [0.1, 0.15) is 4.90 Å². The zero-order valence-corrected chi connectivity index (χ0v) is 15.9. The number of likely N-dealkylation sites (tertiary alicyclic amines) is 1. The molecule has 1 fully saturated rings. The molecule has 0 unspecified atom stereocenters. The maximum Gasteiger partial charge on any atom is 0.289 e. The molecule has 0 atom stereocenters. The molecule has 6 nitrogen and oxygen atoms in total. The topological polar surface area (TPSA) is 79.6 Å². The van der Waals surface area contributed by atoms with Crippen LogP contribution in [0.2, 0.25) is 0 Å². The van der Waals surface area contributed by atoms with Crippen molar-refractivity contribution in [2.45, 2.75) is 45.4 Å². The second-order valence-corrected chi connectivity index (χ2v) is 8.28. The first-order chi connectivity index (χ1) is 11.8. The molecule has 1 amide bonds. The smallest absolute Gasteiger partial charge is 0.289 e. The van der Waals surface area contributed by atoms with Crippen molar-refractivity contribution < 1.29 is 17.6 Å². The van der Waals surface area contributed by atoms with E-state index in [1.54, 1.807) is 18.7 Å². The molecule has 7 heteroatoms. The number of carbonyl (C=O) groups excluding carboxylic acids is 1. The predicted molar refractivity (Wildman–Crippen MR) is 96.4 cm³/mol. The Morgan fingerprint density at radius 2 is 1.84 bits per heavy atom. The highest BCUT2D eigenvalue weighted by atomic mass is 32.2. The number of nitrogens with zero attached hydrogens (tertiary/aromatic N) is 1. The van der Waals surface area contributed by atoms with Gasteiger partial charge in [0, 0.05) is 30.6 Å². The summed E-state index contributed by atoms with van der Waals surface area (Å²) in [7, 11) is -3.71. The van der Waals surface area contributed by atoms with Crippen LogP contribution in [0.3, 0.4) is 0 Å². The third-order valence-corrected chi connectivity index (χ3v) is 6.58. The first-order valence-corrected chi connectivity index (χ1v) is 10.1. The second kappa shape index (κ2) is 6.46. The van der Waals surface area contributed by atoms with Gasteiger partial charge in [-0.3, -0.25) is 4.79 Å². The Kier molecular flexibility index (Phi) is 4.64. The fourth-order valence-electron chi connectivity index (χ4n) is 3.40. The van der Waals surface area contributed by atoms with E-state index >= 15 is 0 Å². The van der Waals surface area contributed by atoms with Crippen molar-refractivity contribution in [3.05, 3.63) is 28.5 Å². The van der Waals surface area contributed by atoms with Crippen LogP contribution in [0.4, 0.5) is 0 Å². The minimum Gasteiger partial charge on any atom is -0.449 e. The zero-order valence-electron chi connectivity index (χ0n) is 15.1. The number of aryl methyl sites for hydroxylation is 2. The largest absolute Gasteiger partial charge is 0.449 e. The fourth-order valence-corrected chi connectivity index (χ4v) is 4.88. The molecule has 1 aliphatic rings. The molecule has 1 saturated heterocycles. The molecule has 0 aliphatic carbocycles. The number of furan rings is 1. The lowest BCUT2D eigenvalue weighted by atomic mass is 10.0. The van der Waals surface area contributed by atoms with Gasteiger partial charge < -0.3 is 9.32 Å². The van der Waals surface area contributed by atoms with Crippen molar-refractivity contribution in [2.75, 3.05) is 19.6 Å². The van der Waals surface area contributed by atoms with Gasteiger partial charge >= 0.3 is 0 Å². The molecule has 25 heavy (non-hydrogen) atoms. The number of carbonyl (C=O) groups is 1. The third kappa shape index (κ3) is 2.95. The van der Waals surface area contributed by atoms with Crippen LogP contribution >= 0.6 is 0 Å². The van der Waals surface area contributed by atoms with Crippen molar-refractivity contribution in [1.82, 2.24) is 9.62 Å². The summed E-state index contributed by atoms with van der Waals surface area (Å²) >= 11 is 0.